The van der Waals surface area contributed by atoms with Crippen LogP contribution in [0.1, 0.15) is 55.5 Å². The van der Waals surface area contributed by atoms with Gasteiger partial charge < -0.3 is 9.84 Å². The highest BCUT2D eigenvalue weighted by Gasteiger charge is 2.41. The lowest BCUT2D eigenvalue weighted by atomic mass is 9.88. The van der Waals surface area contributed by atoms with Crippen molar-refractivity contribution >= 4 is 12.0 Å². The summed E-state index contributed by atoms with van der Waals surface area (Å²) in [5, 5.41) is 9.86. The molecule has 108 valence electrons. The predicted molar refractivity (Wildman–Crippen MR) is 79.7 cm³/mol. The standard InChI is InChI=1S/C17H22O3/c1-4-13-7-8-15(18)14(11-13)16(19)20-17(12(2)3)9-5-6-10-17/h4,7-8,11-12,18H,1,5-6,9-10H2,2-3H3. The minimum atomic E-state index is -0.443. The molecule has 0 atom stereocenters. The molecule has 1 aliphatic carbocycles. The zero-order valence-electron chi connectivity index (χ0n) is 12.2. The Hall–Kier alpha value is -1.77. The van der Waals surface area contributed by atoms with Gasteiger partial charge in [0.2, 0.25) is 0 Å². The molecule has 1 saturated carbocycles. The first-order valence-electron chi connectivity index (χ1n) is 7.17. The second-order valence-corrected chi connectivity index (χ2v) is 5.80. The fourth-order valence-corrected chi connectivity index (χ4v) is 2.85. The number of benzene rings is 1. The van der Waals surface area contributed by atoms with Crippen LogP contribution in [-0.4, -0.2) is 16.7 Å². The highest BCUT2D eigenvalue weighted by atomic mass is 16.6. The second-order valence-electron chi connectivity index (χ2n) is 5.80. The summed E-state index contributed by atoms with van der Waals surface area (Å²) in [4.78, 5) is 12.4. The Bertz CT molecular complexity index is 511. The molecule has 1 aliphatic rings. The van der Waals surface area contributed by atoms with E-state index in [-0.39, 0.29) is 22.8 Å². The molecule has 1 fully saturated rings. The van der Waals surface area contributed by atoms with Crippen molar-refractivity contribution in [3.8, 4) is 5.75 Å². The van der Waals surface area contributed by atoms with Crippen molar-refractivity contribution in [1.82, 2.24) is 0 Å². The number of carbonyl (C=O) groups is 1. The average Bonchev–Trinajstić information content (AvgIpc) is 2.89. The summed E-state index contributed by atoms with van der Waals surface area (Å²) < 4.78 is 5.79. The molecule has 1 aromatic carbocycles. The number of esters is 1. The maximum absolute atomic E-state index is 12.4. The van der Waals surface area contributed by atoms with Crippen LogP contribution in [0.2, 0.25) is 0 Å². The molecule has 1 aromatic rings. The van der Waals surface area contributed by atoms with Crippen molar-refractivity contribution < 1.29 is 14.6 Å². The molecule has 1 N–H and O–H groups in total. The van der Waals surface area contributed by atoms with E-state index in [1.54, 1.807) is 18.2 Å². The van der Waals surface area contributed by atoms with Gasteiger partial charge in [-0.3, -0.25) is 0 Å². The number of hydrogen-bond acceptors (Lipinski definition) is 3. The van der Waals surface area contributed by atoms with E-state index in [1.165, 1.54) is 6.07 Å². The van der Waals surface area contributed by atoms with Gasteiger partial charge in [0.05, 0.1) is 0 Å². The summed E-state index contributed by atoms with van der Waals surface area (Å²) in [5.41, 5.74) is 0.627. The molecule has 2 rings (SSSR count). The largest absolute Gasteiger partial charge is 0.507 e. The molecule has 0 unspecified atom stereocenters. The lowest BCUT2D eigenvalue weighted by molar-refractivity contribution is -0.0399. The van der Waals surface area contributed by atoms with Gasteiger partial charge in [0.1, 0.15) is 16.9 Å². The molecule has 0 radical (unpaired) electrons. The zero-order valence-corrected chi connectivity index (χ0v) is 12.2. The first-order chi connectivity index (χ1) is 9.48. The predicted octanol–water partition coefficient (Wildman–Crippen LogP) is 4.16. The van der Waals surface area contributed by atoms with Gasteiger partial charge in [-0.15, -0.1) is 0 Å². The quantitative estimate of drug-likeness (QED) is 0.838. The minimum absolute atomic E-state index is 0.0440. The van der Waals surface area contributed by atoms with Gasteiger partial charge in [-0.1, -0.05) is 32.6 Å². The molecule has 20 heavy (non-hydrogen) atoms. The average molecular weight is 274 g/mol. The van der Waals surface area contributed by atoms with Crippen LogP contribution in [0.3, 0.4) is 0 Å². The van der Waals surface area contributed by atoms with Gasteiger partial charge in [-0.2, -0.15) is 0 Å². The van der Waals surface area contributed by atoms with Crippen LogP contribution in [0.15, 0.2) is 24.8 Å². The van der Waals surface area contributed by atoms with Gasteiger partial charge in [0, 0.05) is 0 Å². The lowest BCUT2D eigenvalue weighted by Crippen LogP contribution is -2.37. The Morgan fingerprint density at radius 1 is 1.40 bits per heavy atom. The minimum Gasteiger partial charge on any atom is -0.507 e. The Kier molecular flexibility index (Phi) is 4.17. The number of phenolic OH excluding ortho intramolecular Hbond substituents is 1. The van der Waals surface area contributed by atoms with E-state index >= 15 is 0 Å². The molecular weight excluding hydrogens is 252 g/mol. The number of rotatable bonds is 4. The first-order valence-corrected chi connectivity index (χ1v) is 7.17. The van der Waals surface area contributed by atoms with E-state index in [4.69, 9.17) is 4.74 Å². The van der Waals surface area contributed by atoms with Gasteiger partial charge in [-0.05, 0) is 49.3 Å². The van der Waals surface area contributed by atoms with Gasteiger partial charge >= 0.3 is 5.97 Å². The van der Waals surface area contributed by atoms with Crippen LogP contribution >= 0.6 is 0 Å². The van der Waals surface area contributed by atoms with E-state index in [0.717, 1.165) is 31.2 Å². The maximum atomic E-state index is 12.4. The molecule has 0 bridgehead atoms. The highest BCUT2D eigenvalue weighted by molar-refractivity contribution is 5.93. The number of carbonyl (C=O) groups excluding carboxylic acids is 1. The molecule has 0 spiro atoms. The molecule has 0 aromatic heterocycles. The van der Waals surface area contributed by atoms with Gasteiger partial charge in [-0.25, -0.2) is 4.79 Å². The summed E-state index contributed by atoms with van der Waals surface area (Å²) in [7, 11) is 0. The van der Waals surface area contributed by atoms with E-state index in [9.17, 15) is 9.90 Å². The summed E-state index contributed by atoms with van der Waals surface area (Å²) in [5.74, 6) is -0.210. The van der Waals surface area contributed by atoms with Crippen molar-refractivity contribution in [3.63, 3.8) is 0 Å². The Morgan fingerprint density at radius 3 is 2.60 bits per heavy atom. The Labute approximate surface area is 120 Å². The van der Waals surface area contributed by atoms with E-state index < -0.39 is 5.97 Å². The van der Waals surface area contributed by atoms with Crippen molar-refractivity contribution in [2.24, 2.45) is 5.92 Å². The molecule has 0 aliphatic heterocycles. The molecule has 3 nitrogen and oxygen atoms in total. The topological polar surface area (TPSA) is 46.5 Å². The normalized spacial score (nSPS) is 17.1. The molecule has 0 heterocycles. The summed E-state index contributed by atoms with van der Waals surface area (Å²) >= 11 is 0. The lowest BCUT2D eigenvalue weighted by Gasteiger charge is -2.33. The van der Waals surface area contributed by atoms with Crippen LogP contribution in [0.5, 0.6) is 5.75 Å². The van der Waals surface area contributed by atoms with Crippen molar-refractivity contribution in [1.29, 1.82) is 0 Å². The number of ether oxygens (including phenoxy) is 1. The Morgan fingerprint density at radius 2 is 2.05 bits per heavy atom. The molecular formula is C17H22O3. The smallest absolute Gasteiger partial charge is 0.342 e. The fraction of sp³-hybridized carbons (Fsp3) is 0.471. The number of hydrogen-bond donors (Lipinski definition) is 1. The number of phenols is 1. The van der Waals surface area contributed by atoms with Crippen LogP contribution < -0.4 is 0 Å². The van der Waals surface area contributed by atoms with Crippen LogP contribution in [0, 0.1) is 5.92 Å². The van der Waals surface area contributed by atoms with Crippen LogP contribution in [0.25, 0.3) is 6.08 Å². The zero-order chi connectivity index (χ0) is 14.8. The van der Waals surface area contributed by atoms with E-state index in [1.807, 2.05) is 0 Å². The summed E-state index contributed by atoms with van der Waals surface area (Å²) in [6, 6.07) is 4.84. The fourth-order valence-electron chi connectivity index (χ4n) is 2.85. The third-order valence-electron chi connectivity index (χ3n) is 4.27. The van der Waals surface area contributed by atoms with Crippen LogP contribution in [-0.2, 0) is 4.74 Å². The molecule has 3 heteroatoms. The third-order valence-corrected chi connectivity index (χ3v) is 4.27. The highest BCUT2D eigenvalue weighted by Crippen LogP contribution is 2.40. The van der Waals surface area contributed by atoms with E-state index in [2.05, 4.69) is 20.4 Å². The summed E-state index contributed by atoms with van der Waals surface area (Å²) in [6.07, 6.45) is 5.62. The van der Waals surface area contributed by atoms with Gasteiger partial charge in [0.15, 0.2) is 0 Å². The van der Waals surface area contributed by atoms with Crippen molar-refractivity contribution in [2.45, 2.75) is 45.1 Å². The SMILES string of the molecule is C=Cc1ccc(O)c(C(=O)OC2(C(C)C)CCCC2)c1. The molecule has 0 saturated heterocycles. The summed E-state index contributed by atoms with van der Waals surface area (Å²) in [6.45, 7) is 7.84. The second kappa shape index (κ2) is 5.70. The van der Waals surface area contributed by atoms with Crippen LogP contribution in [0.4, 0.5) is 0 Å². The third kappa shape index (κ3) is 2.72. The Balaban J connectivity index is 2.25. The molecule has 0 amide bonds. The van der Waals surface area contributed by atoms with E-state index in [0.29, 0.717) is 0 Å². The number of aromatic hydroxyl groups is 1. The van der Waals surface area contributed by atoms with Crippen molar-refractivity contribution in [3.05, 3.63) is 35.9 Å². The van der Waals surface area contributed by atoms with Crippen molar-refractivity contribution in [2.75, 3.05) is 0 Å². The van der Waals surface area contributed by atoms with Gasteiger partial charge in [0.25, 0.3) is 0 Å². The maximum Gasteiger partial charge on any atom is 0.342 e. The monoisotopic (exact) mass is 274 g/mol. The first kappa shape index (κ1) is 14.6.